The highest BCUT2D eigenvalue weighted by atomic mass is 79.9. The number of benzene rings is 2. The second kappa shape index (κ2) is 7.31. The highest BCUT2D eigenvalue weighted by Gasteiger charge is 2.13. The van der Waals surface area contributed by atoms with Gasteiger partial charge >= 0.3 is 6.03 Å². The van der Waals surface area contributed by atoms with E-state index < -0.39 is 0 Å². The molecule has 1 atom stereocenters. The molecule has 2 aromatic carbocycles. The third kappa shape index (κ3) is 4.01. The van der Waals surface area contributed by atoms with Crippen LogP contribution in [0.4, 0.5) is 10.5 Å². The summed E-state index contributed by atoms with van der Waals surface area (Å²) in [7, 11) is 1.58. The van der Waals surface area contributed by atoms with Crippen molar-refractivity contribution in [1.82, 2.24) is 5.32 Å². The zero-order chi connectivity index (χ0) is 16.1. The lowest BCUT2D eigenvalue weighted by Gasteiger charge is -2.17. The van der Waals surface area contributed by atoms with Crippen LogP contribution in [0.3, 0.4) is 0 Å². The van der Waals surface area contributed by atoms with Crippen LogP contribution in [0, 0.1) is 6.92 Å². The van der Waals surface area contributed by atoms with Crippen LogP contribution in [-0.2, 0) is 0 Å². The summed E-state index contributed by atoms with van der Waals surface area (Å²) in [5.74, 6) is 0.642. The highest BCUT2D eigenvalue weighted by molar-refractivity contribution is 9.10. The number of urea groups is 1. The molecular weight excluding hydrogens is 344 g/mol. The van der Waals surface area contributed by atoms with Gasteiger partial charge in [0, 0.05) is 4.47 Å². The lowest BCUT2D eigenvalue weighted by atomic mass is 10.1. The fourth-order valence-electron chi connectivity index (χ4n) is 2.16. The van der Waals surface area contributed by atoms with Crippen molar-refractivity contribution in [2.75, 3.05) is 12.4 Å². The number of amides is 2. The van der Waals surface area contributed by atoms with Gasteiger partial charge in [-0.3, -0.25) is 0 Å². The number of rotatable bonds is 4. The maximum Gasteiger partial charge on any atom is 0.319 e. The summed E-state index contributed by atoms with van der Waals surface area (Å²) in [6, 6.07) is 13.1. The number of carbonyl (C=O) groups excluding carboxylic acids is 1. The Morgan fingerprint density at radius 1 is 1.23 bits per heavy atom. The molecule has 1 unspecified atom stereocenters. The predicted molar refractivity (Wildman–Crippen MR) is 92.4 cm³/mol. The van der Waals surface area contributed by atoms with Gasteiger partial charge in [0.2, 0.25) is 0 Å². The lowest BCUT2D eigenvalue weighted by molar-refractivity contribution is 0.249. The molecule has 22 heavy (non-hydrogen) atoms. The molecule has 0 spiro atoms. The molecule has 2 amide bonds. The van der Waals surface area contributed by atoms with Crippen molar-refractivity contribution >= 4 is 27.6 Å². The van der Waals surface area contributed by atoms with Crippen molar-refractivity contribution in [3.63, 3.8) is 0 Å². The van der Waals surface area contributed by atoms with Crippen molar-refractivity contribution < 1.29 is 9.53 Å². The van der Waals surface area contributed by atoms with Crippen molar-refractivity contribution in [2.24, 2.45) is 0 Å². The van der Waals surface area contributed by atoms with Gasteiger partial charge in [-0.1, -0.05) is 40.2 Å². The van der Waals surface area contributed by atoms with Crippen molar-refractivity contribution in [3.05, 3.63) is 58.1 Å². The van der Waals surface area contributed by atoms with Gasteiger partial charge in [0.15, 0.2) is 0 Å². The van der Waals surface area contributed by atoms with E-state index in [9.17, 15) is 4.79 Å². The van der Waals surface area contributed by atoms with Crippen LogP contribution < -0.4 is 15.4 Å². The fraction of sp³-hybridized carbons (Fsp3) is 0.235. The first-order valence-corrected chi connectivity index (χ1v) is 7.77. The SMILES string of the molecule is COc1cc(C)ccc1NC(=O)NC(C)c1ccccc1Br. The topological polar surface area (TPSA) is 50.4 Å². The van der Waals surface area contributed by atoms with E-state index in [-0.39, 0.29) is 12.1 Å². The molecule has 2 rings (SSSR count). The third-order valence-electron chi connectivity index (χ3n) is 3.32. The Kier molecular flexibility index (Phi) is 5.44. The second-order valence-corrected chi connectivity index (χ2v) is 5.90. The number of anilines is 1. The van der Waals surface area contributed by atoms with E-state index in [0.29, 0.717) is 11.4 Å². The van der Waals surface area contributed by atoms with E-state index in [2.05, 4.69) is 26.6 Å². The molecule has 116 valence electrons. The summed E-state index contributed by atoms with van der Waals surface area (Å²) in [6.45, 7) is 3.91. The van der Waals surface area contributed by atoms with E-state index in [1.165, 1.54) is 0 Å². The zero-order valence-corrected chi connectivity index (χ0v) is 14.4. The smallest absolute Gasteiger partial charge is 0.319 e. The molecule has 2 aromatic rings. The van der Waals surface area contributed by atoms with Gasteiger partial charge in [-0.15, -0.1) is 0 Å². The number of hydrogen-bond acceptors (Lipinski definition) is 2. The third-order valence-corrected chi connectivity index (χ3v) is 4.05. The highest BCUT2D eigenvalue weighted by Crippen LogP contribution is 2.26. The van der Waals surface area contributed by atoms with Crippen molar-refractivity contribution in [3.8, 4) is 5.75 Å². The van der Waals surface area contributed by atoms with Gasteiger partial charge < -0.3 is 15.4 Å². The van der Waals surface area contributed by atoms with Gasteiger partial charge in [-0.05, 0) is 43.2 Å². The molecule has 0 aliphatic rings. The second-order valence-electron chi connectivity index (χ2n) is 5.05. The van der Waals surface area contributed by atoms with Crippen molar-refractivity contribution in [1.29, 1.82) is 0 Å². The van der Waals surface area contributed by atoms with Crippen LogP contribution in [-0.4, -0.2) is 13.1 Å². The molecule has 5 heteroatoms. The standard InChI is InChI=1S/C17H19BrN2O2/c1-11-8-9-15(16(10-11)22-3)20-17(21)19-12(2)13-6-4-5-7-14(13)18/h4-10,12H,1-3H3,(H2,19,20,21). The van der Waals surface area contributed by atoms with Gasteiger partial charge in [0.25, 0.3) is 0 Å². The molecule has 0 aliphatic carbocycles. The molecular formula is C17H19BrN2O2. The molecule has 0 aliphatic heterocycles. The van der Waals surface area contributed by atoms with Crippen LogP contribution in [0.5, 0.6) is 5.75 Å². The number of carbonyl (C=O) groups is 1. The summed E-state index contributed by atoms with van der Waals surface area (Å²) in [5.41, 5.74) is 2.74. The maximum absolute atomic E-state index is 12.2. The summed E-state index contributed by atoms with van der Waals surface area (Å²) >= 11 is 3.49. The largest absolute Gasteiger partial charge is 0.495 e. The minimum atomic E-state index is -0.273. The number of halogens is 1. The van der Waals surface area contributed by atoms with Crippen LogP contribution >= 0.6 is 15.9 Å². The molecule has 0 aromatic heterocycles. The predicted octanol–water partition coefficient (Wildman–Crippen LogP) is 4.65. The molecule has 0 fully saturated rings. The number of nitrogens with one attached hydrogen (secondary N) is 2. The Labute approximate surface area is 139 Å². The Bertz CT molecular complexity index is 673. The zero-order valence-electron chi connectivity index (χ0n) is 12.8. The first kappa shape index (κ1) is 16.4. The first-order valence-electron chi connectivity index (χ1n) is 6.98. The number of aryl methyl sites for hydroxylation is 1. The van der Waals surface area contributed by atoms with Gasteiger partial charge in [0.05, 0.1) is 18.8 Å². The minimum absolute atomic E-state index is 0.119. The molecule has 0 bridgehead atoms. The average Bonchev–Trinajstić information content (AvgIpc) is 2.49. The van der Waals surface area contributed by atoms with Crippen LogP contribution in [0.15, 0.2) is 46.9 Å². The van der Waals surface area contributed by atoms with E-state index in [4.69, 9.17) is 4.74 Å². The number of methoxy groups -OCH3 is 1. The van der Waals surface area contributed by atoms with Gasteiger partial charge in [-0.2, -0.15) is 0 Å². The molecule has 4 nitrogen and oxygen atoms in total. The summed E-state index contributed by atoms with van der Waals surface area (Å²) < 4.78 is 6.25. The first-order chi connectivity index (χ1) is 10.5. The van der Waals surface area contributed by atoms with E-state index >= 15 is 0 Å². The molecule has 2 N–H and O–H groups in total. The van der Waals surface area contributed by atoms with Crippen LogP contribution in [0.1, 0.15) is 24.1 Å². The van der Waals surface area contributed by atoms with Crippen molar-refractivity contribution in [2.45, 2.75) is 19.9 Å². The average molecular weight is 363 g/mol. The molecule has 0 saturated carbocycles. The number of ether oxygens (including phenoxy) is 1. The Balaban J connectivity index is 2.06. The molecule has 0 heterocycles. The Morgan fingerprint density at radius 3 is 2.64 bits per heavy atom. The van der Waals surface area contributed by atoms with Crippen LogP contribution in [0.25, 0.3) is 0 Å². The summed E-state index contributed by atoms with van der Waals surface area (Å²) in [6.07, 6.45) is 0. The van der Waals surface area contributed by atoms with Gasteiger partial charge in [0.1, 0.15) is 5.75 Å². The quantitative estimate of drug-likeness (QED) is 0.831. The maximum atomic E-state index is 12.2. The Hall–Kier alpha value is -2.01. The summed E-state index contributed by atoms with van der Waals surface area (Å²) in [5, 5.41) is 5.73. The van der Waals surface area contributed by atoms with E-state index in [0.717, 1.165) is 15.6 Å². The minimum Gasteiger partial charge on any atom is -0.495 e. The van der Waals surface area contributed by atoms with E-state index in [1.54, 1.807) is 7.11 Å². The van der Waals surface area contributed by atoms with Gasteiger partial charge in [-0.25, -0.2) is 4.79 Å². The Morgan fingerprint density at radius 2 is 1.95 bits per heavy atom. The molecule has 0 saturated heterocycles. The molecule has 0 radical (unpaired) electrons. The number of hydrogen-bond donors (Lipinski definition) is 2. The summed E-state index contributed by atoms with van der Waals surface area (Å²) in [4.78, 5) is 12.2. The van der Waals surface area contributed by atoms with E-state index in [1.807, 2.05) is 56.3 Å². The van der Waals surface area contributed by atoms with Crippen LogP contribution in [0.2, 0.25) is 0 Å². The normalized spacial score (nSPS) is 11.6. The monoisotopic (exact) mass is 362 g/mol. The fourth-order valence-corrected chi connectivity index (χ4v) is 2.79. The lowest BCUT2D eigenvalue weighted by Crippen LogP contribution is -2.31.